The first kappa shape index (κ1) is 20.3. The lowest BCUT2D eigenvalue weighted by molar-refractivity contribution is 0.425. The van der Waals surface area contributed by atoms with Gasteiger partial charge in [0.2, 0.25) is 0 Å². The lowest BCUT2D eigenvalue weighted by Crippen LogP contribution is -2.35. The van der Waals surface area contributed by atoms with Crippen LogP contribution in [0.25, 0.3) is 0 Å². The van der Waals surface area contributed by atoms with Gasteiger partial charge in [0, 0.05) is 34.7 Å². The second-order valence-electron chi connectivity index (χ2n) is 5.23. The van der Waals surface area contributed by atoms with E-state index in [1.54, 1.807) is 0 Å². The van der Waals surface area contributed by atoms with Crippen molar-refractivity contribution < 1.29 is 0 Å². The van der Waals surface area contributed by atoms with Gasteiger partial charge < -0.3 is 9.80 Å². The number of aliphatic imine (C=N–C) groups is 1. The average molecular weight is 369 g/mol. The van der Waals surface area contributed by atoms with Crippen molar-refractivity contribution in [2.75, 3.05) is 34.7 Å². The van der Waals surface area contributed by atoms with E-state index in [2.05, 4.69) is 51.8 Å². The number of nitrogens with zero attached hydrogens (tertiary/aromatic N) is 3. The van der Waals surface area contributed by atoms with E-state index in [1.165, 1.54) is 32.1 Å². The summed E-state index contributed by atoms with van der Waals surface area (Å²) in [6, 6.07) is 0. The zero-order valence-electron chi connectivity index (χ0n) is 13.1. The zero-order chi connectivity index (χ0) is 13.3. The molecule has 0 aliphatic carbocycles. The van der Waals surface area contributed by atoms with E-state index in [0.29, 0.717) is 0 Å². The molecule has 0 aromatic rings. The van der Waals surface area contributed by atoms with Crippen LogP contribution in [0, 0.1) is 5.92 Å². The van der Waals surface area contributed by atoms with E-state index in [9.17, 15) is 0 Å². The lowest BCUT2D eigenvalue weighted by atomic mass is 9.97. The topological polar surface area (TPSA) is 18.8 Å². The first-order chi connectivity index (χ1) is 8.02. The predicted octanol–water partition coefficient (Wildman–Crippen LogP) is 3.69. The highest BCUT2D eigenvalue weighted by molar-refractivity contribution is 14.0. The standard InChI is InChI=1S/C14H31N3.HI/c1-7-9-11-13(10-8-2)12-15-14(16(3)4)17(5)6;/h13H,7-12H2,1-6H3;1H. The molecule has 0 aliphatic heterocycles. The summed E-state index contributed by atoms with van der Waals surface area (Å²) in [6.07, 6.45) is 6.51. The van der Waals surface area contributed by atoms with Gasteiger partial charge in [0.15, 0.2) is 5.96 Å². The Hall–Kier alpha value is 0. The minimum Gasteiger partial charge on any atom is -0.349 e. The summed E-state index contributed by atoms with van der Waals surface area (Å²) in [5.74, 6) is 1.83. The minimum atomic E-state index is 0. The number of halogens is 1. The maximum Gasteiger partial charge on any atom is 0.195 e. The molecule has 0 saturated heterocycles. The highest BCUT2D eigenvalue weighted by atomic mass is 127. The zero-order valence-corrected chi connectivity index (χ0v) is 15.4. The summed E-state index contributed by atoms with van der Waals surface area (Å²) < 4.78 is 0. The van der Waals surface area contributed by atoms with Crippen molar-refractivity contribution in [3.63, 3.8) is 0 Å². The number of hydrogen-bond donors (Lipinski definition) is 0. The van der Waals surface area contributed by atoms with Crippen molar-refractivity contribution >= 4 is 29.9 Å². The fraction of sp³-hybridized carbons (Fsp3) is 0.929. The number of unbranched alkanes of at least 4 members (excludes halogenated alkanes) is 1. The summed E-state index contributed by atoms with van der Waals surface area (Å²) in [5.41, 5.74) is 0. The Balaban J connectivity index is 0. The smallest absolute Gasteiger partial charge is 0.195 e. The molecule has 0 spiro atoms. The van der Waals surface area contributed by atoms with Gasteiger partial charge in [-0.2, -0.15) is 0 Å². The fourth-order valence-electron chi connectivity index (χ4n) is 2.12. The molecule has 0 N–H and O–H groups in total. The highest BCUT2D eigenvalue weighted by Crippen LogP contribution is 2.15. The van der Waals surface area contributed by atoms with Crippen molar-refractivity contribution in [1.29, 1.82) is 0 Å². The molecule has 110 valence electrons. The molecule has 0 aliphatic rings. The normalized spacial score (nSPS) is 11.4. The van der Waals surface area contributed by atoms with Crippen LogP contribution in [0.5, 0.6) is 0 Å². The molecule has 0 saturated carbocycles. The summed E-state index contributed by atoms with van der Waals surface area (Å²) >= 11 is 0. The second-order valence-corrected chi connectivity index (χ2v) is 5.23. The van der Waals surface area contributed by atoms with Gasteiger partial charge in [-0.1, -0.05) is 33.1 Å². The molecular formula is C14H32IN3. The van der Waals surface area contributed by atoms with Crippen LogP contribution < -0.4 is 0 Å². The molecule has 0 heterocycles. The molecular weight excluding hydrogens is 337 g/mol. The fourth-order valence-corrected chi connectivity index (χ4v) is 2.12. The molecule has 1 unspecified atom stereocenters. The van der Waals surface area contributed by atoms with Gasteiger partial charge in [-0.3, -0.25) is 4.99 Å². The van der Waals surface area contributed by atoms with Crippen LogP contribution >= 0.6 is 24.0 Å². The molecule has 0 aromatic carbocycles. The van der Waals surface area contributed by atoms with E-state index in [1.807, 2.05) is 0 Å². The van der Waals surface area contributed by atoms with Crippen molar-refractivity contribution in [2.45, 2.75) is 46.0 Å². The van der Waals surface area contributed by atoms with E-state index >= 15 is 0 Å². The molecule has 18 heavy (non-hydrogen) atoms. The first-order valence-electron chi connectivity index (χ1n) is 6.91. The summed E-state index contributed by atoms with van der Waals surface area (Å²) in [7, 11) is 8.22. The second kappa shape index (κ2) is 12.1. The largest absolute Gasteiger partial charge is 0.349 e. The van der Waals surface area contributed by atoms with Crippen LogP contribution in [-0.2, 0) is 0 Å². The van der Waals surface area contributed by atoms with Gasteiger partial charge in [-0.05, 0) is 18.8 Å². The third-order valence-corrected chi connectivity index (χ3v) is 2.95. The van der Waals surface area contributed by atoms with Gasteiger partial charge in [0.05, 0.1) is 0 Å². The van der Waals surface area contributed by atoms with Crippen molar-refractivity contribution in [3.8, 4) is 0 Å². The van der Waals surface area contributed by atoms with Crippen LogP contribution in [0.3, 0.4) is 0 Å². The van der Waals surface area contributed by atoms with Gasteiger partial charge in [0.25, 0.3) is 0 Å². The molecule has 0 aromatic heterocycles. The van der Waals surface area contributed by atoms with Gasteiger partial charge >= 0.3 is 0 Å². The van der Waals surface area contributed by atoms with Gasteiger partial charge in [0.1, 0.15) is 0 Å². The van der Waals surface area contributed by atoms with Crippen molar-refractivity contribution in [2.24, 2.45) is 10.9 Å². The Morgan fingerprint density at radius 2 is 1.50 bits per heavy atom. The van der Waals surface area contributed by atoms with Crippen LogP contribution in [-0.4, -0.2) is 50.5 Å². The SMILES string of the molecule is CCCCC(CCC)CN=C(N(C)C)N(C)C.I. The summed E-state index contributed by atoms with van der Waals surface area (Å²) in [6.45, 7) is 5.50. The molecule has 0 amide bonds. The maximum atomic E-state index is 4.76. The minimum absolute atomic E-state index is 0. The average Bonchev–Trinajstić information content (AvgIpc) is 2.24. The highest BCUT2D eigenvalue weighted by Gasteiger charge is 2.09. The number of hydrogen-bond acceptors (Lipinski definition) is 1. The van der Waals surface area contributed by atoms with Crippen LogP contribution in [0.2, 0.25) is 0 Å². The van der Waals surface area contributed by atoms with Gasteiger partial charge in [-0.25, -0.2) is 0 Å². The Kier molecular flexibility index (Phi) is 13.6. The summed E-state index contributed by atoms with van der Waals surface area (Å²) in [5, 5.41) is 0. The van der Waals surface area contributed by atoms with Crippen LogP contribution in [0.1, 0.15) is 46.0 Å². The summed E-state index contributed by atoms with van der Waals surface area (Å²) in [4.78, 5) is 8.94. The van der Waals surface area contributed by atoms with E-state index in [0.717, 1.165) is 18.4 Å². The molecule has 1 atom stereocenters. The monoisotopic (exact) mass is 369 g/mol. The van der Waals surface area contributed by atoms with E-state index in [-0.39, 0.29) is 24.0 Å². The Bertz CT molecular complexity index is 205. The van der Waals surface area contributed by atoms with E-state index in [4.69, 9.17) is 4.99 Å². The Morgan fingerprint density at radius 3 is 1.89 bits per heavy atom. The van der Waals surface area contributed by atoms with Crippen LogP contribution in [0.15, 0.2) is 4.99 Å². The van der Waals surface area contributed by atoms with Crippen molar-refractivity contribution in [1.82, 2.24) is 9.80 Å². The molecule has 0 fully saturated rings. The van der Waals surface area contributed by atoms with Crippen LogP contribution in [0.4, 0.5) is 0 Å². The Labute approximate surface area is 131 Å². The van der Waals surface area contributed by atoms with Crippen molar-refractivity contribution in [3.05, 3.63) is 0 Å². The molecule has 0 rings (SSSR count). The van der Waals surface area contributed by atoms with Gasteiger partial charge in [-0.15, -0.1) is 24.0 Å². The van der Waals surface area contributed by atoms with E-state index < -0.39 is 0 Å². The number of guanidine groups is 1. The quantitative estimate of drug-likeness (QED) is 0.387. The number of rotatable bonds is 7. The Morgan fingerprint density at radius 1 is 0.944 bits per heavy atom. The molecule has 0 bridgehead atoms. The third kappa shape index (κ3) is 9.00. The maximum absolute atomic E-state index is 4.76. The molecule has 0 radical (unpaired) electrons. The predicted molar refractivity (Wildman–Crippen MR) is 93.0 cm³/mol. The third-order valence-electron chi connectivity index (χ3n) is 2.95. The first-order valence-corrected chi connectivity index (χ1v) is 6.91. The molecule has 4 heteroatoms. The lowest BCUT2D eigenvalue weighted by Gasteiger charge is -2.24. The molecule has 3 nitrogen and oxygen atoms in total.